The van der Waals surface area contributed by atoms with E-state index in [-0.39, 0.29) is 10.8 Å². The molecule has 3 heterocycles. The summed E-state index contributed by atoms with van der Waals surface area (Å²) in [5, 5.41) is 11.5. The van der Waals surface area contributed by atoms with Crippen molar-refractivity contribution in [3.05, 3.63) is 96.8 Å². The molecule has 188 valence electrons. The lowest BCUT2D eigenvalue weighted by Crippen LogP contribution is -2.14. The van der Waals surface area contributed by atoms with Crippen LogP contribution in [0.5, 0.6) is 0 Å². The number of pyridine rings is 1. The summed E-state index contributed by atoms with van der Waals surface area (Å²) >= 11 is 0. The fourth-order valence-electron chi connectivity index (χ4n) is 4.65. The molecule has 6 aromatic rings. The Morgan fingerprint density at radius 2 is 1.76 bits per heavy atom. The second kappa shape index (κ2) is 8.97. The minimum atomic E-state index is -4.01. The molecule has 0 saturated heterocycles. The topological polar surface area (TPSA) is 110 Å². The molecule has 1 amide bonds. The number of rotatable bonds is 5. The average molecular weight is 522 g/mol. The van der Waals surface area contributed by atoms with Crippen LogP contribution in [0.1, 0.15) is 12.5 Å². The maximum Gasteiger partial charge on any atom is 0.269 e. The first kappa shape index (κ1) is 23.6. The number of carbonyl (C=O) groups excluding carboxylic acids is 1. The minimum Gasteiger partial charge on any atom is -0.326 e. The standard InChI is InChI=1S/C29H23N5O3S/c1-18-6-10-24(11-7-18)38(36,37)34-28(21-8-9-22-17-31-33-27(22)15-21)16-26-25(12-13-30-29(26)34)20-4-3-5-23(14-20)32-19(2)35/h3-17H,1-2H3,(H,31,33)(H,32,35). The van der Waals surface area contributed by atoms with Crippen molar-refractivity contribution in [3.8, 4) is 22.4 Å². The Bertz CT molecular complexity index is 1950. The molecule has 3 aromatic carbocycles. The fraction of sp³-hybridized carbons (Fsp3) is 0.0690. The van der Waals surface area contributed by atoms with Crippen LogP contribution in [0.15, 0.2) is 96.2 Å². The van der Waals surface area contributed by atoms with Crippen LogP contribution in [0.2, 0.25) is 0 Å². The molecular weight excluding hydrogens is 498 g/mol. The molecule has 38 heavy (non-hydrogen) atoms. The SMILES string of the molecule is CC(=O)Nc1cccc(-c2ccnc3c2cc(-c2ccc4cn[nH]c4c2)n3S(=O)(=O)c2ccc(C)cc2)c1. The Kier molecular flexibility index (Phi) is 5.57. The maximum absolute atomic E-state index is 14.1. The van der Waals surface area contributed by atoms with Gasteiger partial charge < -0.3 is 5.32 Å². The highest BCUT2D eigenvalue weighted by atomic mass is 32.2. The van der Waals surface area contributed by atoms with E-state index in [1.165, 1.54) is 10.9 Å². The van der Waals surface area contributed by atoms with Crippen molar-refractivity contribution in [1.29, 1.82) is 0 Å². The highest BCUT2D eigenvalue weighted by molar-refractivity contribution is 7.90. The molecule has 0 atom stereocenters. The van der Waals surface area contributed by atoms with Gasteiger partial charge >= 0.3 is 0 Å². The Balaban J connectivity index is 1.64. The molecule has 6 rings (SSSR count). The number of aromatic nitrogens is 4. The van der Waals surface area contributed by atoms with E-state index >= 15 is 0 Å². The van der Waals surface area contributed by atoms with Gasteiger partial charge in [0.1, 0.15) is 0 Å². The summed E-state index contributed by atoms with van der Waals surface area (Å²) in [6.45, 7) is 3.37. The number of fused-ring (bicyclic) bond motifs is 2. The molecule has 0 bridgehead atoms. The number of aromatic amines is 1. The average Bonchev–Trinajstić information content (AvgIpc) is 3.53. The normalized spacial score (nSPS) is 11.7. The van der Waals surface area contributed by atoms with Crippen molar-refractivity contribution in [2.45, 2.75) is 18.7 Å². The molecule has 3 aromatic heterocycles. The second-order valence-corrected chi connectivity index (χ2v) is 10.9. The number of carbonyl (C=O) groups is 1. The van der Waals surface area contributed by atoms with Crippen LogP contribution in [0.3, 0.4) is 0 Å². The van der Waals surface area contributed by atoms with Crippen LogP contribution >= 0.6 is 0 Å². The number of H-pyrrole nitrogens is 1. The Labute approximate surface area is 219 Å². The van der Waals surface area contributed by atoms with Crippen molar-refractivity contribution in [2.24, 2.45) is 0 Å². The first-order valence-corrected chi connectivity index (χ1v) is 13.4. The smallest absolute Gasteiger partial charge is 0.269 e. The number of aryl methyl sites for hydroxylation is 1. The van der Waals surface area contributed by atoms with E-state index in [2.05, 4.69) is 20.5 Å². The van der Waals surface area contributed by atoms with E-state index in [1.54, 1.807) is 42.7 Å². The number of benzene rings is 3. The predicted octanol–water partition coefficient (Wildman–Crippen LogP) is 5.75. The minimum absolute atomic E-state index is 0.171. The molecule has 0 spiro atoms. The first-order chi connectivity index (χ1) is 18.3. The quantitative estimate of drug-likeness (QED) is 0.300. The Morgan fingerprint density at radius 1 is 0.947 bits per heavy atom. The molecule has 0 saturated carbocycles. The van der Waals surface area contributed by atoms with Crippen LogP contribution in [0.25, 0.3) is 44.3 Å². The molecule has 9 heteroatoms. The fourth-order valence-corrected chi connectivity index (χ4v) is 6.13. The third kappa shape index (κ3) is 4.03. The Morgan fingerprint density at radius 3 is 2.55 bits per heavy atom. The predicted molar refractivity (Wildman–Crippen MR) is 148 cm³/mol. The molecule has 2 N–H and O–H groups in total. The summed E-state index contributed by atoms with van der Waals surface area (Å²) in [5.41, 5.74) is 5.52. The van der Waals surface area contributed by atoms with Gasteiger partial charge in [0.15, 0.2) is 5.65 Å². The van der Waals surface area contributed by atoms with Crippen molar-refractivity contribution >= 4 is 43.6 Å². The van der Waals surface area contributed by atoms with Crippen LogP contribution in [-0.2, 0) is 14.8 Å². The zero-order chi connectivity index (χ0) is 26.4. The van der Waals surface area contributed by atoms with E-state index in [0.29, 0.717) is 28.0 Å². The lowest BCUT2D eigenvalue weighted by atomic mass is 10.0. The molecule has 0 radical (unpaired) electrons. The maximum atomic E-state index is 14.1. The lowest BCUT2D eigenvalue weighted by Gasteiger charge is -2.12. The molecule has 0 aliphatic rings. The van der Waals surface area contributed by atoms with Gasteiger partial charge in [0.05, 0.1) is 22.3 Å². The molecule has 0 unspecified atom stereocenters. The second-order valence-electron chi connectivity index (χ2n) is 9.14. The van der Waals surface area contributed by atoms with E-state index in [9.17, 15) is 13.2 Å². The van der Waals surface area contributed by atoms with Gasteiger partial charge in [-0.15, -0.1) is 0 Å². The van der Waals surface area contributed by atoms with E-state index in [1.807, 2.05) is 55.5 Å². The van der Waals surface area contributed by atoms with Crippen LogP contribution in [-0.4, -0.2) is 33.5 Å². The molecule has 0 aliphatic carbocycles. The van der Waals surface area contributed by atoms with Crippen LogP contribution in [0.4, 0.5) is 5.69 Å². The summed E-state index contributed by atoms with van der Waals surface area (Å²) in [4.78, 5) is 16.3. The van der Waals surface area contributed by atoms with Crippen molar-refractivity contribution in [2.75, 3.05) is 5.32 Å². The van der Waals surface area contributed by atoms with Crippen LogP contribution in [0, 0.1) is 6.92 Å². The van der Waals surface area contributed by atoms with Crippen molar-refractivity contribution in [1.82, 2.24) is 19.2 Å². The summed E-state index contributed by atoms with van der Waals surface area (Å²) in [7, 11) is -4.01. The van der Waals surface area contributed by atoms with Gasteiger partial charge in [-0.3, -0.25) is 9.89 Å². The first-order valence-electron chi connectivity index (χ1n) is 12.0. The molecule has 8 nitrogen and oxygen atoms in total. The summed E-state index contributed by atoms with van der Waals surface area (Å²) in [6.07, 6.45) is 3.32. The van der Waals surface area contributed by atoms with E-state index < -0.39 is 10.0 Å². The van der Waals surface area contributed by atoms with E-state index in [4.69, 9.17) is 0 Å². The third-order valence-electron chi connectivity index (χ3n) is 6.45. The summed E-state index contributed by atoms with van der Waals surface area (Å²) < 4.78 is 29.5. The van der Waals surface area contributed by atoms with E-state index in [0.717, 1.165) is 27.6 Å². The number of anilines is 1. The summed E-state index contributed by atoms with van der Waals surface area (Å²) in [5.74, 6) is -0.172. The number of hydrogen-bond donors (Lipinski definition) is 2. The van der Waals surface area contributed by atoms with Crippen LogP contribution < -0.4 is 5.32 Å². The zero-order valence-corrected chi connectivity index (χ0v) is 21.5. The number of nitrogens with one attached hydrogen (secondary N) is 2. The zero-order valence-electron chi connectivity index (χ0n) is 20.6. The number of hydrogen-bond acceptors (Lipinski definition) is 5. The highest BCUT2D eigenvalue weighted by Crippen LogP contribution is 2.37. The van der Waals surface area contributed by atoms with Crippen molar-refractivity contribution < 1.29 is 13.2 Å². The van der Waals surface area contributed by atoms with Gasteiger partial charge in [0, 0.05) is 35.1 Å². The number of amides is 1. The number of nitrogens with zero attached hydrogens (tertiary/aromatic N) is 3. The monoisotopic (exact) mass is 521 g/mol. The summed E-state index contributed by atoms with van der Waals surface area (Å²) in [6, 6.07) is 23.6. The van der Waals surface area contributed by atoms with Gasteiger partial charge in [-0.1, -0.05) is 42.0 Å². The van der Waals surface area contributed by atoms with Gasteiger partial charge in [0.2, 0.25) is 5.91 Å². The van der Waals surface area contributed by atoms with Gasteiger partial charge in [-0.2, -0.15) is 5.10 Å². The molecular formula is C29H23N5O3S. The molecule has 0 aliphatic heterocycles. The molecule has 0 fully saturated rings. The highest BCUT2D eigenvalue weighted by Gasteiger charge is 2.26. The van der Waals surface area contributed by atoms with Gasteiger partial charge in [-0.05, 0) is 60.5 Å². The van der Waals surface area contributed by atoms with Crippen molar-refractivity contribution in [3.63, 3.8) is 0 Å². The van der Waals surface area contributed by atoms with Gasteiger partial charge in [-0.25, -0.2) is 17.4 Å². The third-order valence-corrected chi connectivity index (χ3v) is 8.17. The lowest BCUT2D eigenvalue weighted by molar-refractivity contribution is -0.114. The largest absolute Gasteiger partial charge is 0.326 e. The Hall–Kier alpha value is -4.76. The van der Waals surface area contributed by atoms with Gasteiger partial charge in [0.25, 0.3) is 10.0 Å².